The second-order valence-electron chi connectivity index (χ2n) is 6.48. The third kappa shape index (κ3) is 3.59. The first-order chi connectivity index (χ1) is 12.0. The van der Waals surface area contributed by atoms with Gasteiger partial charge in [0.25, 0.3) is 0 Å². The Morgan fingerprint density at radius 1 is 1.16 bits per heavy atom. The molecular weight excluding hydrogens is 334 g/mol. The maximum Gasteiger partial charge on any atom is 0.316 e. The summed E-state index contributed by atoms with van der Waals surface area (Å²) < 4.78 is 7.14. The second-order valence-corrected chi connectivity index (χ2v) is 7.42. The number of esters is 1. The molecule has 5 nitrogen and oxygen atoms in total. The molecule has 3 rings (SSSR count). The first-order valence-electron chi connectivity index (χ1n) is 8.85. The monoisotopic (exact) mass is 359 g/mol. The summed E-state index contributed by atoms with van der Waals surface area (Å²) in [5, 5.41) is 9.33. The number of hydrogen-bond acceptors (Lipinski definition) is 5. The van der Waals surface area contributed by atoms with Gasteiger partial charge in [-0.3, -0.25) is 9.36 Å². The normalized spacial score (nSPS) is 13.6. The quantitative estimate of drug-likeness (QED) is 0.601. The lowest BCUT2D eigenvalue weighted by Crippen LogP contribution is -2.14. The van der Waals surface area contributed by atoms with Gasteiger partial charge in [-0.1, -0.05) is 17.8 Å². The highest BCUT2D eigenvalue weighted by molar-refractivity contribution is 7.99. The molecule has 1 aliphatic carbocycles. The zero-order valence-electron chi connectivity index (χ0n) is 15.4. The molecule has 134 valence electrons. The van der Waals surface area contributed by atoms with Gasteiger partial charge in [0.1, 0.15) is 5.82 Å². The van der Waals surface area contributed by atoms with Crippen LogP contribution in [0, 0.1) is 20.8 Å². The van der Waals surface area contributed by atoms with Crippen molar-refractivity contribution < 1.29 is 9.53 Å². The van der Waals surface area contributed by atoms with Gasteiger partial charge in [-0.15, -0.1) is 10.2 Å². The predicted octanol–water partition coefficient (Wildman–Crippen LogP) is 3.73. The smallest absolute Gasteiger partial charge is 0.316 e. The van der Waals surface area contributed by atoms with Crippen molar-refractivity contribution in [2.45, 2.75) is 58.5 Å². The molecule has 0 amide bonds. The van der Waals surface area contributed by atoms with Gasteiger partial charge in [-0.2, -0.15) is 0 Å². The topological polar surface area (TPSA) is 57.0 Å². The van der Waals surface area contributed by atoms with Crippen LogP contribution in [0.15, 0.2) is 11.2 Å². The number of hydrogen-bond donors (Lipinski definition) is 0. The molecule has 1 aromatic heterocycles. The standard InChI is InChI=1S/C19H25N3O2S/c1-5-24-17(23)11-25-19-21-20-14(4)22(19)18-13(3)10-12(2)15-8-6-7-9-16(15)18/h10H,5-9,11H2,1-4H3. The van der Waals surface area contributed by atoms with E-state index in [1.54, 1.807) is 0 Å². The van der Waals surface area contributed by atoms with Gasteiger partial charge in [0.15, 0.2) is 5.16 Å². The van der Waals surface area contributed by atoms with Gasteiger partial charge in [0, 0.05) is 0 Å². The molecule has 0 N–H and O–H groups in total. The zero-order chi connectivity index (χ0) is 18.0. The van der Waals surface area contributed by atoms with Gasteiger partial charge in [0.2, 0.25) is 0 Å². The van der Waals surface area contributed by atoms with Crippen LogP contribution in [0.25, 0.3) is 5.69 Å². The summed E-state index contributed by atoms with van der Waals surface area (Å²) in [6.07, 6.45) is 4.70. The number of carbonyl (C=O) groups is 1. The average Bonchev–Trinajstić information content (AvgIpc) is 2.94. The van der Waals surface area contributed by atoms with Crippen LogP contribution in [-0.2, 0) is 22.4 Å². The number of nitrogens with zero attached hydrogens (tertiary/aromatic N) is 3. The number of ether oxygens (including phenoxy) is 1. The van der Waals surface area contributed by atoms with Crippen LogP contribution in [0.2, 0.25) is 0 Å². The van der Waals surface area contributed by atoms with E-state index in [4.69, 9.17) is 4.74 Å². The summed E-state index contributed by atoms with van der Waals surface area (Å²) in [4.78, 5) is 11.7. The SMILES string of the molecule is CCOC(=O)CSc1nnc(C)n1-c1c(C)cc(C)c2c1CCCC2. The predicted molar refractivity (Wildman–Crippen MR) is 99.6 cm³/mol. The Morgan fingerprint density at radius 2 is 1.88 bits per heavy atom. The Labute approximate surface area is 153 Å². The van der Waals surface area contributed by atoms with Crippen molar-refractivity contribution in [3.05, 3.63) is 34.1 Å². The molecule has 0 fully saturated rings. The number of fused-ring (bicyclic) bond motifs is 1. The summed E-state index contributed by atoms with van der Waals surface area (Å²) in [6.45, 7) is 8.54. The summed E-state index contributed by atoms with van der Waals surface area (Å²) >= 11 is 1.39. The molecule has 0 unspecified atom stereocenters. The van der Waals surface area contributed by atoms with Crippen LogP contribution in [0.3, 0.4) is 0 Å². The molecule has 1 aromatic carbocycles. The van der Waals surface area contributed by atoms with Crippen LogP contribution >= 0.6 is 11.8 Å². The lowest BCUT2D eigenvalue weighted by molar-refractivity contribution is -0.139. The molecular formula is C19H25N3O2S. The van der Waals surface area contributed by atoms with E-state index in [2.05, 4.69) is 34.7 Å². The number of carbonyl (C=O) groups excluding carboxylic acids is 1. The van der Waals surface area contributed by atoms with E-state index < -0.39 is 0 Å². The Balaban J connectivity index is 2.03. The molecule has 25 heavy (non-hydrogen) atoms. The van der Waals surface area contributed by atoms with E-state index in [9.17, 15) is 4.79 Å². The lowest BCUT2D eigenvalue weighted by atomic mass is 9.85. The van der Waals surface area contributed by atoms with Crippen molar-refractivity contribution in [1.29, 1.82) is 0 Å². The molecule has 6 heteroatoms. The third-order valence-corrected chi connectivity index (χ3v) is 5.58. The largest absolute Gasteiger partial charge is 0.465 e. The van der Waals surface area contributed by atoms with Crippen LogP contribution in [0.4, 0.5) is 0 Å². The van der Waals surface area contributed by atoms with E-state index in [1.165, 1.54) is 52.5 Å². The van der Waals surface area contributed by atoms with Crippen LogP contribution in [-0.4, -0.2) is 33.1 Å². The fourth-order valence-corrected chi connectivity index (χ4v) is 4.43. The Hall–Kier alpha value is -1.82. The van der Waals surface area contributed by atoms with E-state index in [1.807, 2.05) is 13.8 Å². The minimum atomic E-state index is -0.220. The molecule has 0 saturated carbocycles. The van der Waals surface area contributed by atoms with Crippen LogP contribution < -0.4 is 0 Å². The van der Waals surface area contributed by atoms with Gasteiger partial charge in [0.05, 0.1) is 18.0 Å². The van der Waals surface area contributed by atoms with Gasteiger partial charge in [-0.05, 0) is 75.6 Å². The average molecular weight is 359 g/mol. The van der Waals surface area contributed by atoms with E-state index in [0.29, 0.717) is 6.61 Å². The number of benzene rings is 1. The minimum absolute atomic E-state index is 0.220. The second kappa shape index (κ2) is 7.60. The molecule has 2 aromatic rings. The van der Waals surface area contributed by atoms with Crippen LogP contribution in [0.1, 0.15) is 47.8 Å². The van der Waals surface area contributed by atoms with Crippen molar-refractivity contribution in [3.8, 4) is 5.69 Å². The van der Waals surface area contributed by atoms with E-state index in [-0.39, 0.29) is 11.7 Å². The molecule has 0 atom stereocenters. The third-order valence-electron chi connectivity index (χ3n) is 4.68. The molecule has 0 radical (unpaired) electrons. The number of rotatable bonds is 5. The Bertz CT molecular complexity index is 798. The van der Waals surface area contributed by atoms with Crippen molar-refractivity contribution in [2.75, 3.05) is 12.4 Å². The fourth-order valence-electron chi connectivity index (χ4n) is 3.65. The summed E-state index contributed by atoms with van der Waals surface area (Å²) in [5.74, 6) is 0.882. The molecule has 0 aliphatic heterocycles. The van der Waals surface area contributed by atoms with Crippen molar-refractivity contribution in [1.82, 2.24) is 14.8 Å². The number of aryl methyl sites for hydroxylation is 3. The molecule has 0 bridgehead atoms. The van der Waals surface area contributed by atoms with Crippen molar-refractivity contribution in [3.63, 3.8) is 0 Å². The van der Waals surface area contributed by atoms with E-state index >= 15 is 0 Å². The van der Waals surface area contributed by atoms with Gasteiger partial charge in [-0.25, -0.2) is 0 Å². The number of aromatic nitrogens is 3. The van der Waals surface area contributed by atoms with Crippen molar-refractivity contribution in [2.24, 2.45) is 0 Å². The molecule has 1 aliphatic rings. The minimum Gasteiger partial charge on any atom is -0.465 e. The summed E-state index contributed by atoms with van der Waals surface area (Å²) in [7, 11) is 0. The summed E-state index contributed by atoms with van der Waals surface area (Å²) in [5.41, 5.74) is 6.71. The highest BCUT2D eigenvalue weighted by atomic mass is 32.2. The molecule has 0 spiro atoms. The lowest BCUT2D eigenvalue weighted by Gasteiger charge is -2.25. The summed E-state index contributed by atoms with van der Waals surface area (Å²) in [6, 6.07) is 2.26. The maximum absolute atomic E-state index is 11.7. The molecule has 1 heterocycles. The molecule has 0 saturated heterocycles. The maximum atomic E-state index is 11.7. The van der Waals surface area contributed by atoms with Gasteiger partial charge < -0.3 is 4.74 Å². The highest BCUT2D eigenvalue weighted by Gasteiger charge is 2.22. The first-order valence-corrected chi connectivity index (χ1v) is 9.84. The first kappa shape index (κ1) is 18.0. The Morgan fingerprint density at radius 3 is 2.60 bits per heavy atom. The Kier molecular flexibility index (Phi) is 5.47. The van der Waals surface area contributed by atoms with E-state index in [0.717, 1.165) is 23.8 Å². The van der Waals surface area contributed by atoms with Crippen molar-refractivity contribution >= 4 is 17.7 Å². The van der Waals surface area contributed by atoms with Crippen LogP contribution in [0.5, 0.6) is 0 Å². The fraction of sp³-hybridized carbons (Fsp3) is 0.526. The highest BCUT2D eigenvalue weighted by Crippen LogP contribution is 2.34. The van der Waals surface area contributed by atoms with Gasteiger partial charge >= 0.3 is 5.97 Å². The number of thioether (sulfide) groups is 1. The zero-order valence-corrected chi connectivity index (χ0v) is 16.2.